The van der Waals surface area contributed by atoms with E-state index in [1.165, 1.54) is 65.0 Å². The van der Waals surface area contributed by atoms with Crippen molar-refractivity contribution in [3.05, 3.63) is 96.1 Å². The third-order valence-corrected chi connectivity index (χ3v) is 6.11. The van der Waals surface area contributed by atoms with E-state index in [1.807, 2.05) is 0 Å². The Morgan fingerprint density at radius 2 is 0.714 bits per heavy atom. The number of fused-ring (bicyclic) bond motifs is 9. The molecule has 0 spiro atoms. The lowest BCUT2D eigenvalue weighted by Gasteiger charge is -2.13. The summed E-state index contributed by atoms with van der Waals surface area (Å²) in [6, 6.07) is 31.7. The van der Waals surface area contributed by atoms with Gasteiger partial charge in [-0.2, -0.15) is 0 Å². The van der Waals surface area contributed by atoms with Crippen molar-refractivity contribution in [2.24, 2.45) is 0 Å². The molecule has 0 atom stereocenters. The van der Waals surface area contributed by atoms with Gasteiger partial charge >= 0.3 is 0 Å². The number of aryl methyl sites for hydroxylation is 2. The SMILES string of the molecule is Cc1ccc2ccc3ccc4c(ccc5ccc6ccc(C)cc6c54)c3c2c1. The van der Waals surface area contributed by atoms with Crippen molar-refractivity contribution in [1.82, 2.24) is 0 Å². The Labute approximate surface area is 164 Å². The first kappa shape index (κ1) is 15.7. The van der Waals surface area contributed by atoms with Crippen LogP contribution in [0.3, 0.4) is 0 Å². The van der Waals surface area contributed by atoms with Gasteiger partial charge in [-0.15, -0.1) is 0 Å². The van der Waals surface area contributed by atoms with Crippen LogP contribution in [0.1, 0.15) is 11.1 Å². The molecule has 0 heterocycles. The van der Waals surface area contributed by atoms with E-state index in [2.05, 4.69) is 98.8 Å². The summed E-state index contributed by atoms with van der Waals surface area (Å²) in [6.45, 7) is 4.35. The van der Waals surface area contributed by atoms with Crippen LogP contribution in [0.25, 0.3) is 53.9 Å². The minimum Gasteiger partial charge on any atom is -0.0587 e. The Balaban J connectivity index is 1.91. The van der Waals surface area contributed by atoms with Gasteiger partial charge in [-0.1, -0.05) is 96.1 Å². The van der Waals surface area contributed by atoms with E-state index in [9.17, 15) is 0 Å². The van der Waals surface area contributed by atoms with Gasteiger partial charge in [0.15, 0.2) is 0 Å². The largest absolute Gasteiger partial charge is 0.0587 e. The molecular weight excluding hydrogens is 336 g/mol. The molecule has 132 valence electrons. The molecule has 0 aliphatic heterocycles. The molecule has 0 saturated heterocycles. The first-order chi connectivity index (χ1) is 13.7. The van der Waals surface area contributed by atoms with Gasteiger partial charge in [0.1, 0.15) is 0 Å². The van der Waals surface area contributed by atoms with Crippen LogP contribution >= 0.6 is 0 Å². The van der Waals surface area contributed by atoms with Crippen molar-refractivity contribution in [3.8, 4) is 0 Å². The number of hydrogen-bond donors (Lipinski definition) is 0. The third-order valence-electron chi connectivity index (χ3n) is 6.11. The fourth-order valence-electron chi connectivity index (χ4n) is 4.74. The summed E-state index contributed by atoms with van der Waals surface area (Å²) in [7, 11) is 0. The summed E-state index contributed by atoms with van der Waals surface area (Å²) in [5.41, 5.74) is 2.61. The summed E-state index contributed by atoms with van der Waals surface area (Å²) < 4.78 is 0. The van der Waals surface area contributed by atoms with Gasteiger partial charge in [-0.25, -0.2) is 0 Å². The molecule has 0 aliphatic rings. The van der Waals surface area contributed by atoms with Crippen LogP contribution in [0, 0.1) is 13.8 Å². The molecule has 0 amide bonds. The van der Waals surface area contributed by atoms with Gasteiger partial charge in [-0.3, -0.25) is 0 Å². The average molecular weight is 356 g/mol. The second-order valence-electron chi connectivity index (χ2n) is 8.00. The summed E-state index contributed by atoms with van der Waals surface area (Å²) in [4.78, 5) is 0. The minimum atomic E-state index is 1.30. The molecule has 0 heteroatoms. The molecule has 0 aromatic heterocycles. The van der Waals surface area contributed by atoms with E-state index in [1.54, 1.807) is 0 Å². The first-order valence-electron chi connectivity index (χ1n) is 9.87. The maximum Gasteiger partial charge on any atom is -0.00265 e. The maximum absolute atomic E-state index is 2.33. The Bertz CT molecular complexity index is 1450. The Morgan fingerprint density at radius 1 is 0.357 bits per heavy atom. The van der Waals surface area contributed by atoms with E-state index < -0.39 is 0 Å². The second kappa shape index (κ2) is 5.56. The van der Waals surface area contributed by atoms with Crippen molar-refractivity contribution in [2.75, 3.05) is 0 Å². The molecule has 6 rings (SSSR count). The Hall–Kier alpha value is -3.38. The lowest BCUT2D eigenvalue weighted by molar-refractivity contribution is 1.51. The number of rotatable bonds is 0. The van der Waals surface area contributed by atoms with Crippen molar-refractivity contribution >= 4 is 53.9 Å². The zero-order valence-corrected chi connectivity index (χ0v) is 16.1. The predicted octanol–water partition coefficient (Wildman–Crippen LogP) is 8.07. The molecule has 0 unspecified atom stereocenters. The van der Waals surface area contributed by atoms with Crippen LogP contribution in [-0.2, 0) is 0 Å². The van der Waals surface area contributed by atoms with E-state index >= 15 is 0 Å². The minimum absolute atomic E-state index is 1.30. The molecule has 0 N–H and O–H groups in total. The van der Waals surface area contributed by atoms with Crippen molar-refractivity contribution in [3.63, 3.8) is 0 Å². The monoisotopic (exact) mass is 356 g/mol. The van der Waals surface area contributed by atoms with Crippen molar-refractivity contribution in [1.29, 1.82) is 0 Å². The highest BCUT2D eigenvalue weighted by Gasteiger charge is 2.10. The third kappa shape index (κ3) is 2.12. The summed E-state index contributed by atoms with van der Waals surface area (Å²) in [5.74, 6) is 0. The smallest absolute Gasteiger partial charge is 0.00265 e. The van der Waals surface area contributed by atoms with Crippen LogP contribution in [0.4, 0.5) is 0 Å². The van der Waals surface area contributed by atoms with E-state index in [0.29, 0.717) is 0 Å². The van der Waals surface area contributed by atoms with Gasteiger partial charge in [0.05, 0.1) is 0 Å². The highest BCUT2D eigenvalue weighted by molar-refractivity contribution is 6.28. The summed E-state index contributed by atoms with van der Waals surface area (Å²) in [5, 5.41) is 13.3. The number of benzene rings is 6. The molecular formula is C28H20. The lowest BCUT2D eigenvalue weighted by atomic mass is 9.91. The molecule has 6 aromatic carbocycles. The zero-order valence-electron chi connectivity index (χ0n) is 16.1. The molecule has 6 aromatic rings. The zero-order chi connectivity index (χ0) is 18.8. The van der Waals surface area contributed by atoms with E-state index in [4.69, 9.17) is 0 Å². The van der Waals surface area contributed by atoms with Crippen LogP contribution < -0.4 is 0 Å². The summed E-state index contributed by atoms with van der Waals surface area (Å²) in [6.07, 6.45) is 0. The standard InChI is InChI=1S/C28H20/c1-17-3-5-19-7-9-21-11-14-24-23(27(21)25(19)15-17)13-12-22-10-8-20-6-4-18(2)16-26(20)28(22)24/h3-16H,1-2H3. The quantitative estimate of drug-likeness (QED) is 0.241. The van der Waals surface area contributed by atoms with Crippen LogP contribution in [0.15, 0.2) is 84.9 Å². The lowest BCUT2D eigenvalue weighted by Crippen LogP contribution is -1.85. The molecule has 0 radical (unpaired) electrons. The van der Waals surface area contributed by atoms with Gasteiger partial charge in [0, 0.05) is 0 Å². The van der Waals surface area contributed by atoms with Gasteiger partial charge in [0.2, 0.25) is 0 Å². The predicted molar refractivity (Wildman–Crippen MR) is 123 cm³/mol. The molecule has 0 fully saturated rings. The maximum atomic E-state index is 2.33. The fraction of sp³-hybridized carbons (Fsp3) is 0.0714. The van der Waals surface area contributed by atoms with Gasteiger partial charge in [0.25, 0.3) is 0 Å². The highest BCUT2D eigenvalue weighted by atomic mass is 14.1. The van der Waals surface area contributed by atoms with E-state index in [-0.39, 0.29) is 0 Å². The van der Waals surface area contributed by atoms with Crippen LogP contribution in [0.5, 0.6) is 0 Å². The molecule has 0 aliphatic carbocycles. The molecule has 0 bridgehead atoms. The van der Waals surface area contributed by atoms with E-state index in [0.717, 1.165) is 0 Å². The molecule has 0 saturated carbocycles. The van der Waals surface area contributed by atoms with Gasteiger partial charge < -0.3 is 0 Å². The Morgan fingerprint density at radius 3 is 1.18 bits per heavy atom. The average Bonchev–Trinajstić information content (AvgIpc) is 2.72. The molecule has 0 nitrogen and oxygen atoms in total. The van der Waals surface area contributed by atoms with Crippen molar-refractivity contribution < 1.29 is 0 Å². The highest BCUT2D eigenvalue weighted by Crippen LogP contribution is 2.38. The van der Waals surface area contributed by atoms with Crippen molar-refractivity contribution in [2.45, 2.75) is 13.8 Å². The fourth-order valence-corrected chi connectivity index (χ4v) is 4.74. The topological polar surface area (TPSA) is 0 Å². The van der Waals surface area contributed by atoms with Crippen LogP contribution in [-0.4, -0.2) is 0 Å². The number of hydrogen-bond acceptors (Lipinski definition) is 0. The first-order valence-corrected chi connectivity index (χ1v) is 9.87. The Kier molecular flexibility index (Phi) is 3.11. The normalized spacial score (nSPS) is 11.9. The van der Waals surface area contributed by atoms with Gasteiger partial charge in [-0.05, 0) is 67.7 Å². The molecule has 28 heavy (non-hydrogen) atoms. The van der Waals surface area contributed by atoms with Crippen LogP contribution in [0.2, 0.25) is 0 Å². The second-order valence-corrected chi connectivity index (χ2v) is 8.00. The summed E-state index contributed by atoms with van der Waals surface area (Å²) >= 11 is 0.